The van der Waals surface area contributed by atoms with Crippen molar-refractivity contribution in [2.45, 2.75) is 10.9 Å². The summed E-state index contributed by atoms with van der Waals surface area (Å²) in [6.07, 6.45) is 0. The minimum Gasteiger partial charge on any atom is -0.309 e. The van der Waals surface area contributed by atoms with Crippen LogP contribution in [0, 0.1) is 0 Å². The zero-order valence-corrected chi connectivity index (χ0v) is 23.9. The van der Waals surface area contributed by atoms with Gasteiger partial charge in [0.15, 0.2) is 5.16 Å². The Morgan fingerprint density at radius 2 is 1.00 bits per heavy atom. The predicted molar refractivity (Wildman–Crippen MR) is 179 cm³/mol. The Morgan fingerprint density at radius 3 is 1.70 bits per heavy atom. The van der Waals surface area contributed by atoms with Gasteiger partial charge in [0.1, 0.15) is 0 Å². The van der Waals surface area contributed by atoms with Gasteiger partial charge in [-0.15, -0.1) is 0 Å². The van der Waals surface area contributed by atoms with Crippen molar-refractivity contribution in [3.8, 4) is 17.1 Å². The molecule has 1 aliphatic heterocycles. The van der Waals surface area contributed by atoms with Gasteiger partial charge in [0.05, 0.1) is 38.8 Å². The van der Waals surface area contributed by atoms with E-state index in [1.165, 1.54) is 60.5 Å². The van der Waals surface area contributed by atoms with Crippen molar-refractivity contribution in [2.24, 2.45) is 0 Å². The Balaban J connectivity index is 1.23. The molecule has 0 unspecified atom stereocenters. The summed E-state index contributed by atoms with van der Waals surface area (Å²) in [7, 11) is 0. The van der Waals surface area contributed by atoms with Gasteiger partial charge in [-0.05, 0) is 66.2 Å². The maximum atomic E-state index is 4.94. The van der Waals surface area contributed by atoms with Crippen LogP contribution in [0.2, 0.25) is 0 Å². The first-order valence-electron chi connectivity index (χ1n) is 14.6. The molecule has 0 amide bonds. The van der Waals surface area contributed by atoms with E-state index in [1.54, 1.807) is 0 Å². The van der Waals surface area contributed by atoms with Crippen LogP contribution in [-0.4, -0.2) is 18.7 Å². The molecule has 6 aromatic carbocycles. The van der Waals surface area contributed by atoms with Gasteiger partial charge in [0.2, 0.25) is 0 Å². The topological polar surface area (TPSA) is 27.7 Å². The molecular formula is C38H24N4S. The highest BCUT2D eigenvalue weighted by Gasteiger charge is 2.22. The fraction of sp³-hybridized carbons (Fsp3) is 0.0263. The van der Waals surface area contributed by atoms with Crippen LogP contribution in [0.3, 0.4) is 0 Å². The SMILES string of the molecule is c1ccc2c(c1)nc1n2-c2cc(-n3c4ccccc4c4cc(-n5c6ccccc6c6ccccc65)ccc43)ccc2CS1. The van der Waals surface area contributed by atoms with Gasteiger partial charge in [-0.3, -0.25) is 4.57 Å². The number of hydrogen-bond donors (Lipinski definition) is 0. The first-order chi connectivity index (χ1) is 21.3. The fourth-order valence-electron chi connectivity index (χ4n) is 7.08. The Kier molecular flexibility index (Phi) is 4.68. The second-order valence-corrected chi connectivity index (χ2v) is 12.2. The first-order valence-corrected chi connectivity index (χ1v) is 15.6. The number of para-hydroxylation sites is 5. The molecule has 43 heavy (non-hydrogen) atoms. The van der Waals surface area contributed by atoms with E-state index >= 15 is 0 Å². The van der Waals surface area contributed by atoms with Gasteiger partial charge in [-0.2, -0.15) is 0 Å². The summed E-state index contributed by atoms with van der Waals surface area (Å²) in [5.41, 5.74) is 11.9. The molecule has 10 rings (SSSR count). The average Bonchev–Trinajstić information content (AvgIpc) is 3.72. The number of thioether (sulfide) groups is 1. The molecule has 202 valence electrons. The number of nitrogens with zero attached hydrogens (tertiary/aromatic N) is 4. The third-order valence-electron chi connectivity index (χ3n) is 8.95. The first kappa shape index (κ1) is 23.3. The van der Waals surface area contributed by atoms with E-state index in [2.05, 4.69) is 147 Å². The standard InChI is InChI=1S/C38H24N4S/c1-5-13-32-27(9-1)28-10-2-6-14-33(28)40(32)25-19-20-35-30(21-25)29-11-3-7-15-34(29)41(35)26-18-17-24-23-43-38-39-31-12-4-8-16-36(31)42(38)37(24)22-26/h1-22H,23H2. The van der Waals surface area contributed by atoms with Crippen LogP contribution >= 0.6 is 11.8 Å². The van der Waals surface area contributed by atoms with Gasteiger partial charge in [-0.25, -0.2) is 4.98 Å². The highest BCUT2D eigenvalue weighted by atomic mass is 32.2. The lowest BCUT2D eigenvalue weighted by Crippen LogP contribution is -2.07. The molecule has 1 aliphatic rings. The van der Waals surface area contributed by atoms with Crippen LogP contribution in [0.25, 0.3) is 71.7 Å². The largest absolute Gasteiger partial charge is 0.309 e. The van der Waals surface area contributed by atoms with Gasteiger partial charge in [0, 0.05) is 38.7 Å². The van der Waals surface area contributed by atoms with Crippen LogP contribution in [0.15, 0.2) is 139 Å². The Hall–Kier alpha value is -5.26. The lowest BCUT2D eigenvalue weighted by atomic mass is 10.1. The van der Waals surface area contributed by atoms with Crippen molar-refractivity contribution < 1.29 is 0 Å². The summed E-state index contributed by atoms with van der Waals surface area (Å²) >= 11 is 1.81. The second kappa shape index (κ2) is 8.63. The molecule has 5 heteroatoms. The highest BCUT2D eigenvalue weighted by Crippen LogP contribution is 2.40. The van der Waals surface area contributed by atoms with E-state index in [0.29, 0.717) is 0 Å². The lowest BCUT2D eigenvalue weighted by Gasteiger charge is -2.20. The monoisotopic (exact) mass is 568 g/mol. The summed E-state index contributed by atoms with van der Waals surface area (Å²) in [5, 5.41) is 6.11. The van der Waals surface area contributed by atoms with E-state index < -0.39 is 0 Å². The molecule has 0 atom stereocenters. The second-order valence-electron chi connectivity index (χ2n) is 11.2. The van der Waals surface area contributed by atoms with E-state index in [9.17, 15) is 0 Å². The van der Waals surface area contributed by atoms with Crippen molar-refractivity contribution in [3.63, 3.8) is 0 Å². The van der Waals surface area contributed by atoms with E-state index in [4.69, 9.17) is 4.98 Å². The van der Waals surface area contributed by atoms with Crippen molar-refractivity contribution in [1.82, 2.24) is 18.7 Å². The molecule has 4 nitrogen and oxygen atoms in total. The number of aromatic nitrogens is 4. The van der Waals surface area contributed by atoms with Gasteiger partial charge < -0.3 is 9.13 Å². The minimum absolute atomic E-state index is 0.925. The van der Waals surface area contributed by atoms with Crippen LogP contribution in [0.5, 0.6) is 0 Å². The molecule has 4 heterocycles. The summed E-state index contributed by atoms with van der Waals surface area (Å²) in [6, 6.07) is 48.5. The molecule has 3 aromatic heterocycles. The number of fused-ring (bicyclic) bond motifs is 11. The van der Waals surface area contributed by atoms with Gasteiger partial charge in [-0.1, -0.05) is 84.6 Å². The molecule has 0 fully saturated rings. The van der Waals surface area contributed by atoms with Gasteiger partial charge >= 0.3 is 0 Å². The summed E-state index contributed by atoms with van der Waals surface area (Å²) < 4.78 is 7.15. The number of imidazole rings is 1. The van der Waals surface area contributed by atoms with E-state index in [-0.39, 0.29) is 0 Å². The quantitative estimate of drug-likeness (QED) is 0.208. The van der Waals surface area contributed by atoms with Crippen molar-refractivity contribution in [2.75, 3.05) is 0 Å². The maximum absolute atomic E-state index is 4.94. The summed E-state index contributed by atoms with van der Waals surface area (Å²) in [5.74, 6) is 0.925. The highest BCUT2D eigenvalue weighted by molar-refractivity contribution is 7.98. The van der Waals surface area contributed by atoms with E-state index in [1.807, 2.05) is 11.8 Å². The van der Waals surface area contributed by atoms with Crippen molar-refractivity contribution >= 4 is 66.4 Å². The zero-order chi connectivity index (χ0) is 28.1. The summed E-state index contributed by atoms with van der Waals surface area (Å²) in [6.45, 7) is 0. The average molecular weight is 569 g/mol. The molecular weight excluding hydrogens is 545 g/mol. The Labute approximate surface area is 251 Å². The Morgan fingerprint density at radius 1 is 0.465 bits per heavy atom. The molecule has 9 aromatic rings. The molecule has 0 bridgehead atoms. The predicted octanol–water partition coefficient (Wildman–Crippen LogP) is 9.83. The van der Waals surface area contributed by atoms with Crippen LogP contribution in [0.1, 0.15) is 5.56 Å². The lowest BCUT2D eigenvalue weighted by molar-refractivity contribution is 0.892. The number of benzene rings is 6. The molecule has 0 radical (unpaired) electrons. The molecule has 0 spiro atoms. The van der Waals surface area contributed by atoms with Gasteiger partial charge in [0.25, 0.3) is 0 Å². The van der Waals surface area contributed by atoms with Crippen molar-refractivity contribution in [1.29, 1.82) is 0 Å². The van der Waals surface area contributed by atoms with Crippen molar-refractivity contribution in [3.05, 3.63) is 139 Å². The van der Waals surface area contributed by atoms with Crippen LogP contribution in [0.4, 0.5) is 0 Å². The number of rotatable bonds is 2. The molecule has 0 saturated carbocycles. The van der Waals surface area contributed by atoms with Crippen LogP contribution in [-0.2, 0) is 5.75 Å². The third kappa shape index (κ3) is 3.20. The smallest absolute Gasteiger partial charge is 0.174 e. The normalized spacial score (nSPS) is 12.9. The van der Waals surface area contributed by atoms with Crippen LogP contribution < -0.4 is 0 Å². The maximum Gasteiger partial charge on any atom is 0.174 e. The minimum atomic E-state index is 0.925. The molecule has 0 saturated heterocycles. The molecule has 0 aliphatic carbocycles. The van der Waals surface area contributed by atoms with E-state index in [0.717, 1.165) is 27.6 Å². The number of hydrogen-bond acceptors (Lipinski definition) is 2. The molecule has 0 N–H and O–H groups in total. The summed E-state index contributed by atoms with van der Waals surface area (Å²) in [4.78, 5) is 4.94. The third-order valence-corrected chi connectivity index (χ3v) is 9.94. The Bertz CT molecular complexity index is 2530. The zero-order valence-electron chi connectivity index (χ0n) is 23.1. The fourth-order valence-corrected chi connectivity index (χ4v) is 8.09.